The highest BCUT2D eigenvalue weighted by molar-refractivity contribution is 6.34. The molecule has 0 saturated carbocycles. The second kappa shape index (κ2) is 6.88. The van der Waals surface area contributed by atoms with Gasteiger partial charge in [-0.05, 0) is 13.8 Å². The maximum atomic E-state index is 12.7. The first-order valence-electron chi connectivity index (χ1n) is 8.03. The second-order valence-corrected chi connectivity index (χ2v) is 6.46. The summed E-state index contributed by atoms with van der Waals surface area (Å²) in [7, 11) is 5.01. The van der Waals surface area contributed by atoms with E-state index in [9.17, 15) is 9.59 Å². The molecule has 0 aliphatic rings. The van der Waals surface area contributed by atoms with E-state index >= 15 is 0 Å². The second-order valence-electron chi connectivity index (χ2n) is 6.08. The molecule has 3 aromatic heterocycles. The molecule has 0 radical (unpaired) electrons. The van der Waals surface area contributed by atoms with E-state index in [0.717, 1.165) is 5.69 Å². The van der Waals surface area contributed by atoms with Crippen molar-refractivity contribution >= 4 is 34.8 Å². The molecular formula is C16H19ClN8O2. The molecule has 0 spiro atoms. The van der Waals surface area contributed by atoms with Gasteiger partial charge in [0.1, 0.15) is 11.4 Å². The first kappa shape index (κ1) is 18.6. The van der Waals surface area contributed by atoms with Crippen molar-refractivity contribution in [1.29, 1.82) is 0 Å². The van der Waals surface area contributed by atoms with Gasteiger partial charge in [0.15, 0.2) is 0 Å². The average molecular weight is 391 g/mol. The predicted octanol–water partition coefficient (Wildman–Crippen LogP) is 1.66. The van der Waals surface area contributed by atoms with Crippen molar-refractivity contribution in [3.05, 3.63) is 40.2 Å². The number of rotatable bonds is 4. The zero-order chi connectivity index (χ0) is 19.9. The van der Waals surface area contributed by atoms with Gasteiger partial charge in [0.2, 0.25) is 0 Å². The number of nitrogens with one attached hydrogen (secondary N) is 2. The van der Waals surface area contributed by atoms with Crippen LogP contribution >= 0.6 is 11.6 Å². The number of aryl methyl sites for hydroxylation is 4. The summed E-state index contributed by atoms with van der Waals surface area (Å²) in [4.78, 5) is 25.4. The minimum absolute atomic E-state index is 0.196. The standard InChI is InChI=1S/C16H19ClN8O2/c1-8-12(17)14(25(5)22-8)16(27)21-11-7-19-24(4)13(11)15(26)20-10-6-18-23(3)9(10)2/h6-7H,1-5H3,(H,20,26)(H,21,27). The fraction of sp³-hybridized carbons (Fsp3) is 0.312. The van der Waals surface area contributed by atoms with Crippen molar-refractivity contribution < 1.29 is 9.59 Å². The van der Waals surface area contributed by atoms with Crippen LogP contribution in [0.15, 0.2) is 12.4 Å². The first-order valence-corrected chi connectivity index (χ1v) is 8.41. The van der Waals surface area contributed by atoms with Crippen LogP contribution in [0.25, 0.3) is 0 Å². The van der Waals surface area contributed by atoms with Crippen LogP contribution in [0.3, 0.4) is 0 Å². The molecule has 3 heterocycles. The maximum Gasteiger partial charge on any atom is 0.276 e. The summed E-state index contributed by atoms with van der Waals surface area (Å²) in [6.07, 6.45) is 2.96. The molecule has 10 nitrogen and oxygen atoms in total. The lowest BCUT2D eigenvalue weighted by atomic mass is 10.3. The molecule has 27 heavy (non-hydrogen) atoms. The van der Waals surface area contributed by atoms with Gasteiger partial charge < -0.3 is 10.6 Å². The smallest absolute Gasteiger partial charge is 0.276 e. The SMILES string of the molecule is Cc1nn(C)c(C(=O)Nc2cnn(C)c2C(=O)Nc2cnn(C)c2C)c1Cl. The van der Waals surface area contributed by atoms with Crippen LogP contribution in [-0.2, 0) is 21.1 Å². The van der Waals surface area contributed by atoms with Gasteiger partial charge in [0.25, 0.3) is 11.8 Å². The molecule has 3 rings (SSSR count). The molecule has 11 heteroatoms. The van der Waals surface area contributed by atoms with Gasteiger partial charge in [-0.2, -0.15) is 15.3 Å². The number of nitrogens with zero attached hydrogens (tertiary/aromatic N) is 6. The van der Waals surface area contributed by atoms with Gasteiger partial charge in [0.05, 0.1) is 40.2 Å². The molecule has 142 valence electrons. The largest absolute Gasteiger partial charge is 0.318 e. The summed E-state index contributed by atoms with van der Waals surface area (Å²) >= 11 is 6.16. The Balaban J connectivity index is 1.87. The molecule has 0 atom stereocenters. The minimum Gasteiger partial charge on any atom is -0.318 e. The predicted molar refractivity (Wildman–Crippen MR) is 100 cm³/mol. The Kier molecular flexibility index (Phi) is 4.75. The van der Waals surface area contributed by atoms with Crippen molar-refractivity contribution in [2.24, 2.45) is 21.1 Å². The van der Waals surface area contributed by atoms with Gasteiger partial charge in [-0.1, -0.05) is 11.6 Å². The number of hydrogen-bond acceptors (Lipinski definition) is 5. The van der Waals surface area contributed by atoms with E-state index in [0.29, 0.717) is 11.4 Å². The van der Waals surface area contributed by atoms with E-state index in [2.05, 4.69) is 25.9 Å². The van der Waals surface area contributed by atoms with Crippen LogP contribution in [0, 0.1) is 13.8 Å². The monoisotopic (exact) mass is 390 g/mol. The van der Waals surface area contributed by atoms with E-state index in [1.165, 1.54) is 15.6 Å². The molecule has 0 aromatic carbocycles. The Morgan fingerprint density at radius 3 is 2.00 bits per heavy atom. The summed E-state index contributed by atoms with van der Waals surface area (Å²) in [5.41, 5.74) is 2.57. The lowest BCUT2D eigenvalue weighted by Crippen LogP contribution is -2.21. The highest BCUT2D eigenvalue weighted by atomic mass is 35.5. The first-order chi connectivity index (χ1) is 12.7. The molecule has 0 bridgehead atoms. The highest BCUT2D eigenvalue weighted by Crippen LogP contribution is 2.23. The quantitative estimate of drug-likeness (QED) is 0.703. The Hall–Kier alpha value is -3.14. The minimum atomic E-state index is -0.484. The molecule has 0 fully saturated rings. The number of hydrogen-bond donors (Lipinski definition) is 2. The Morgan fingerprint density at radius 2 is 1.44 bits per heavy atom. The van der Waals surface area contributed by atoms with E-state index in [1.54, 1.807) is 38.9 Å². The Labute approximate surface area is 160 Å². The number of anilines is 2. The van der Waals surface area contributed by atoms with Crippen molar-refractivity contribution in [2.45, 2.75) is 13.8 Å². The zero-order valence-corrected chi connectivity index (χ0v) is 16.3. The normalized spacial score (nSPS) is 10.9. The fourth-order valence-electron chi connectivity index (χ4n) is 2.66. The van der Waals surface area contributed by atoms with Gasteiger partial charge in [-0.15, -0.1) is 0 Å². The van der Waals surface area contributed by atoms with Crippen molar-refractivity contribution in [2.75, 3.05) is 10.6 Å². The fourth-order valence-corrected chi connectivity index (χ4v) is 2.91. The lowest BCUT2D eigenvalue weighted by Gasteiger charge is -2.09. The van der Waals surface area contributed by atoms with Gasteiger partial charge in [0, 0.05) is 21.1 Å². The molecule has 2 amide bonds. The number of carbonyl (C=O) groups excluding carboxylic acids is 2. The topological polar surface area (TPSA) is 112 Å². The van der Waals surface area contributed by atoms with Crippen LogP contribution in [0.4, 0.5) is 11.4 Å². The molecule has 0 aliphatic carbocycles. The van der Waals surface area contributed by atoms with Crippen molar-refractivity contribution in [3.63, 3.8) is 0 Å². The molecule has 2 N–H and O–H groups in total. The number of amides is 2. The van der Waals surface area contributed by atoms with Gasteiger partial charge >= 0.3 is 0 Å². The third-order valence-electron chi connectivity index (χ3n) is 4.25. The molecular weight excluding hydrogens is 372 g/mol. The third kappa shape index (κ3) is 3.31. The summed E-state index contributed by atoms with van der Waals surface area (Å²) in [6.45, 7) is 3.54. The molecule has 3 aromatic rings. The van der Waals surface area contributed by atoms with E-state index in [-0.39, 0.29) is 22.1 Å². The number of aromatic nitrogens is 6. The number of carbonyl (C=O) groups is 2. The molecule has 0 unspecified atom stereocenters. The average Bonchev–Trinajstić information content (AvgIpc) is 3.19. The molecule has 0 saturated heterocycles. The van der Waals surface area contributed by atoms with Crippen LogP contribution in [0.5, 0.6) is 0 Å². The van der Waals surface area contributed by atoms with Crippen LogP contribution in [-0.4, -0.2) is 41.2 Å². The maximum absolute atomic E-state index is 12.7. The number of halogens is 1. The van der Waals surface area contributed by atoms with Crippen molar-refractivity contribution in [3.8, 4) is 0 Å². The highest BCUT2D eigenvalue weighted by Gasteiger charge is 2.24. The lowest BCUT2D eigenvalue weighted by molar-refractivity contribution is 0.101. The third-order valence-corrected chi connectivity index (χ3v) is 4.70. The summed E-state index contributed by atoms with van der Waals surface area (Å²) in [5.74, 6) is -0.906. The zero-order valence-electron chi connectivity index (χ0n) is 15.5. The summed E-state index contributed by atoms with van der Waals surface area (Å²) < 4.78 is 4.42. The van der Waals surface area contributed by atoms with E-state index < -0.39 is 11.8 Å². The summed E-state index contributed by atoms with van der Waals surface area (Å²) in [5, 5.41) is 18.0. The van der Waals surface area contributed by atoms with E-state index in [4.69, 9.17) is 11.6 Å². The van der Waals surface area contributed by atoms with Crippen LogP contribution in [0.1, 0.15) is 32.4 Å². The van der Waals surface area contributed by atoms with Gasteiger partial charge in [-0.25, -0.2) is 0 Å². The van der Waals surface area contributed by atoms with E-state index in [1.807, 2.05) is 6.92 Å². The molecule has 0 aliphatic heterocycles. The Bertz CT molecular complexity index is 1050. The van der Waals surface area contributed by atoms with Crippen LogP contribution in [0.2, 0.25) is 5.02 Å². The van der Waals surface area contributed by atoms with Crippen LogP contribution < -0.4 is 10.6 Å². The summed E-state index contributed by atoms with van der Waals surface area (Å²) in [6, 6.07) is 0. The Morgan fingerprint density at radius 1 is 0.889 bits per heavy atom. The van der Waals surface area contributed by atoms with Crippen molar-refractivity contribution in [1.82, 2.24) is 29.3 Å². The van der Waals surface area contributed by atoms with Gasteiger partial charge in [-0.3, -0.25) is 23.6 Å².